The van der Waals surface area contributed by atoms with E-state index in [1.165, 1.54) is 34.0 Å². The number of hydrazone groups is 3. The van der Waals surface area contributed by atoms with Gasteiger partial charge in [0.2, 0.25) is 15.4 Å². The number of thiazole rings is 3. The summed E-state index contributed by atoms with van der Waals surface area (Å²) in [6, 6.07) is 32.6. The largest absolute Gasteiger partial charge is 0.539 e. The summed E-state index contributed by atoms with van der Waals surface area (Å²) in [6.07, 6.45) is 4.69. The fourth-order valence-corrected chi connectivity index (χ4v) is 14.8. The number of aromatic nitrogens is 3. The van der Waals surface area contributed by atoms with E-state index < -0.39 is 25.5 Å². The summed E-state index contributed by atoms with van der Waals surface area (Å²) < 4.78 is 32.7. The summed E-state index contributed by atoms with van der Waals surface area (Å²) in [5.41, 5.74) is 17.8. The molecule has 0 aliphatic carbocycles. The van der Waals surface area contributed by atoms with Gasteiger partial charge in [0.05, 0.1) is 52.4 Å². The highest BCUT2D eigenvalue weighted by molar-refractivity contribution is 7.48. The van der Waals surface area contributed by atoms with E-state index in [-0.39, 0.29) is 52.2 Å². The Balaban J connectivity index is 1.07. The molecule has 0 fully saturated rings. The van der Waals surface area contributed by atoms with Crippen molar-refractivity contribution >= 4 is 128 Å². The molecule has 0 radical (unpaired) electrons. The molecule has 9 rings (SSSR count). The Morgan fingerprint density at radius 2 is 0.673 bits per heavy atom. The zero-order valence-corrected chi connectivity index (χ0v) is 62.6. The van der Waals surface area contributed by atoms with Crippen LogP contribution in [0.4, 0.5) is 15.4 Å². The zero-order chi connectivity index (χ0) is 70.9. The molecule has 3 heterocycles. The SMILES string of the molecule is CC(C)c1ccc(C(=O)NOP(=O)(ONC(=O)c2ccc(C(C)C)c(C(C)C)c2/C=N/N(C)c2nc(-c3ccccc3Cl)cs2)ONC(=O)c2ccc(C(C)C)c(C(C)C)c2/C=N/N(C)c2nc(-c3ccccc3Cl)cs2)c(/C=N/N(C)c2nc(-c3ccccc3Cl)cs2)c1C(C)C. The molecule has 0 saturated heterocycles. The maximum Gasteiger partial charge on any atom is 0.539 e. The molecule has 3 amide bonds. The zero-order valence-electron chi connectivity index (χ0n) is 57.0. The second kappa shape index (κ2) is 32.8. The Labute approximate surface area is 599 Å². The highest BCUT2D eigenvalue weighted by Gasteiger charge is 2.36. The van der Waals surface area contributed by atoms with E-state index in [1.807, 2.05) is 172 Å². The van der Waals surface area contributed by atoms with Crippen molar-refractivity contribution in [3.05, 3.63) is 207 Å². The molecule has 512 valence electrons. The van der Waals surface area contributed by atoms with Gasteiger partial charge in [0, 0.05) is 85.7 Å². The normalized spacial score (nSPS) is 12.1. The minimum atomic E-state index is -5.42. The number of hydrogen-bond donors (Lipinski definition) is 3. The molecular formula is C72H78Cl3N12O7PS3. The summed E-state index contributed by atoms with van der Waals surface area (Å²) in [4.78, 5) is 59.1. The van der Waals surface area contributed by atoms with Crippen molar-refractivity contribution < 1.29 is 32.8 Å². The van der Waals surface area contributed by atoms with Crippen molar-refractivity contribution in [3.8, 4) is 33.8 Å². The molecule has 6 aromatic carbocycles. The van der Waals surface area contributed by atoms with Gasteiger partial charge >= 0.3 is 7.82 Å². The van der Waals surface area contributed by atoms with Crippen molar-refractivity contribution in [1.82, 2.24) is 31.4 Å². The maximum absolute atomic E-state index is 15.5. The third kappa shape index (κ3) is 17.3. The van der Waals surface area contributed by atoms with E-state index in [9.17, 15) is 14.4 Å². The van der Waals surface area contributed by atoms with Crippen LogP contribution >= 0.6 is 76.6 Å². The van der Waals surface area contributed by atoms with Crippen LogP contribution < -0.4 is 31.5 Å². The first-order chi connectivity index (χ1) is 46.7. The molecule has 9 aromatic rings. The first-order valence-corrected chi connectivity index (χ1v) is 36.9. The molecule has 0 bridgehead atoms. The predicted molar refractivity (Wildman–Crippen MR) is 403 cm³/mol. The molecule has 0 atom stereocenters. The van der Waals surface area contributed by atoms with E-state index in [4.69, 9.17) is 78.9 Å². The molecular weight excluding hydrogens is 1380 g/mol. The van der Waals surface area contributed by atoms with E-state index >= 15 is 4.57 Å². The van der Waals surface area contributed by atoms with Gasteiger partial charge in [-0.15, -0.1) is 34.0 Å². The van der Waals surface area contributed by atoms with Gasteiger partial charge < -0.3 is 0 Å². The first kappa shape index (κ1) is 74.2. The smallest absolute Gasteiger partial charge is 0.267 e. The topological polar surface area (TPSA) is 218 Å². The van der Waals surface area contributed by atoms with Crippen LogP contribution in [-0.4, -0.2) is 72.5 Å². The quantitative estimate of drug-likeness (QED) is 0.0248. The van der Waals surface area contributed by atoms with Crippen LogP contribution in [0.2, 0.25) is 15.1 Å². The maximum atomic E-state index is 15.5. The number of phosphoric acid groups is 1. The van der Waals surface area contributed by atoms with Gasteiger partial charge in [-0.05, 0) is 105 Å². The summed E-state index contributed by atoms with van der Waals surface area (Å²) in [7, 11) is -0.216. The number of amides is 3. The van der Waals surface area contributed by atoms with Crippen LogP contribution in [0.15, 0.2) is 141 Å². The second-order valence-electron chi connectivity index (χ2n) is 24.8. The minimum absolute atomic E-state index is 0.0197. The average Bonchev–Trinajstić information content (AvgIpc) is 1.06. The number of rotatable bonds is 27. The van der Waals surface area contributed by atoms with Crippen LogP contribution in [-0.2, 0) is 18.4 Å². The fourth-order valence-electron chi connectivity index (χ4n) is 11.1. The van der Waals surface area contributed by atoms with Crippen molar-refractivity contribution in [3.63, 3.8) is 0 Å². The highest BCUT2D eigenvalue weighted by Crippen LogP contribution is 2.47. The van der Waals surface area contributed by atoms with E-state index in [0.29, 0.717) is 64.2 Å². The predicted octanol–water partition coefficient (Wildman–Crippen LogP) is 19.7. The Kier molecular flexibility index (Phi) is 24.8. The standard InChI is InChI=1S/C72H78Cl3N12O7PS3/c1-40(2)46-28-31-49(55(64(46)43(7)8)34-76-85(13)70-79-61(37-96-70)52-22-16-19-25-58(52)73)67(88)82-92-95(91,93-83-68(89)50-32-29-47(41(3)4)65(44(9)10)56(50)35-77-86(14)71-80-62(38-97-71)53-23-17-20-26-59(53)74)94-84-69(90)51-33-30-48(42(5)6)66(45(11)12)57(51)36-78-87(15)72-81-63(39-98-72)54-24-18-21-27-60(54)75/h16-45H,1-15H3,(H,82,88)(H,83,89)(H,84,90)/b76-34+,77-35+,78-36+. The molecule has 26 heteroatoms. The Morgan fingerprint density at radius 3 is 0.908 bits per heavy atom. The Bertz CT molecular complexity index is 4080. The van der Waals surface area contributed by atoms with Crippen LogP contribution in [0.25, 0.3) is 33.8 Å². The molecule has 3 N–H and O–H groups in total. The number of hydrogen-bond acceptors (Lipinski definition) is 19. The molecule has 19 nitrogen and oxygen atoms in total. The van der Waals surface area contributed by atoms with E-state index in [1.54, 1.807) is 91.2 Å². The lowest BCUT2D eigenvalue weighted by Crippen LogP contribution is -2.32. The van der Waals surface area contributed by atoms with Gasteiger partial charge in [0.25, 0.3) is 17.7 Å². The minimum Gasteiger partial charge on any atom is -0.267 e. The van der Waals surface area contributed by atoms with Crippen molar-refractivity contribution in [2.45, 2.75) is 119 Å². The molecule has 0 aliphatic rings. The van der Waals surface area contributed by atoms with Gasteiger partial charge in [-0.3, -0.25) is 14.4 Å². The van der Waals surface area contributed by atoms with Crippen LogP contribution in [0, 0.1) is 0 Å². The molecule has 98 heavy (non-hydrogen) atoms. The number of nitrogens with zero attached hydrogens (tertiary/aromatic N) is 9. The molecule has 0 spiro atoms. The highest BCUT2D eigenvalue weighted by atomic mass is 35.5. The number of halogens is 3. The van der Waals surface area contributed by atoms with Gasteiger partial charge in [0.15, 0.2) is 0 Å². The Morgan fingerprint density at radius 1 is 0.418 bits per heavy atom. The average molecular weight is 1460 g/mol. The summed E-state index contributed by atoms with van der Waals surface area (Å²) in [6.45, 7) is 24.3. The van der Waals surface area contributed by atoms with Crippen molar-refractivity contribution in [2.24, 2.45) is 15.3 Å². The third-order valence-corrected chi connectivity index (χ3v) is 20.5. The number of carbonyl (C=O) groups is 3. The van der Waals surface area contributed by atoms with Crippen LogP contribution in [0.1, 0.15) is 200 Å². The van der Waals surface area contributed by atoms with E-state index in [2.05, 4.69) is 16.4 Å². The lowest BCUT2D eigenvalue weighted by molar-refractivity contribution is 0.0150. The third-order valence-electron chi connectivity index (χ3n) is 15.9. The molecule has 0 unspecified atom stereocenters. The number of hydroxylamine groups is 3. The van der Waals surface area contributed by atoms with Gasteiger partial charge in [-0.25, -0.2) is 51.0 Å². The van der Waals surface area contributed by atoms with Gasteiger partial charge in [0.1, 0.15) is 0 Å². The number of nitrogens with one attached hydrogen (secondary N) is 3. The molecule has 3 aromatic heterocycles. The van der Waals surface area contributed by atoms with Crippen molar-refractivity contribution in [1.29, 1.82) is 0 Å². The van der Waals surface area contributed by atoms with Crippen molar-refractivity contribution in [2.75, 3.05) is 36.2 Å². The summed E-state index contributed by atoms with van der Waals surface area (Å²) in [5.74, 6) is -3.08. The second-order valence-corrected chi connectivity index (χ2v) is 30.0. The number of benzene rings is 6. The summed E-state index contributed by atoms with van der Waals surface area (Å²) >= 11 is 23.7. The lowest BCUT2D eigenvalue weighted by atomic mass is 9.85. The summed E-state index contributed by atoms with van der Waals surface area (Å²) in [5, 5.41) is 28.1. The lowest BCUT2D eigenvalue weighted by Gasteiger charge is -2.23. The molecule has 0 saturated carbocycles. The fraction of sp³-hybridized carbons (Fsp3) is 0.292. The van der Waals surface area contributed by atoms with Gasteiger partial charge in [-0.1, -0.05) is 191 Å². The van der Waals surface area contributed by atoms with E-state index in [0.717, 1.165) is 50.1 Å². The molecule has 0 aliphatic heterocycles. The Hall–Kier alpha value is -7.99. The monoisotopic (exact) mass is 1450 g/mol. The van der Waals surface area contributed by atoms with Crippen LogP contribution in [0.5, 0.6) is 0 Å². The number of anilines is 3. The van der Waals surface area contributed by atoms with Crippen LogP contribution in [0.3, 0.4) is 0 Å². The first-order valence-electron chi connectivity index (χ1n) is 31.7. The number of carbonyl (C=O) groups excluding carboxylic acids is 3. The van der Waals surface area contributed by atoms with Gasteiger partial charge in [-0.2, -0.15) is 29.2 Å².